The van der Waals surface area contributed by atoms with E-state index in [1.54, 1.807) is 42.2 Å². The molecule has 300 valence electrons. The number of benzene rings is 5. The van der Waals surface area contributed by atoms with E-state index >= 15 is 0 Å². The number of rotatable bonds is 15. The fourth-order valence-electron chi connectivity index (χ4n) is 7.05. The van der Waals surface area contributed by atoms with Crippen LogP contribution in [0.5, 0.6) is 0 Å². The van der Waals surface area contributed by atoms with Crippen LogP contribution in [0, 0.1) is 12.8 Å². The first-order valence-electron chi connectivity index (χ1n) is 19.3. The summed E-state index contributed by atoms with van der Waals surface area (Å²) in [6.45, 7) is 4.20. The Hall–Kier alpha value is -5.08. The van der Waals surface area contributed by atoms with E-state index in [1.807, 2.05) is 128 Å². The molecule has 6 aromatic rings. The van der Waals surface area contributed by atoms with Gasteiger partial charge in [0, 0.05) is 43.2 Å². The summed E-state index contributed by atoms with van der Waals surface area (Å²) in [5.41, 5.74) is 7.25. The summed E-state index contributed by atoms with van der Waals surface area (Å²) >= 11 is 1.65. The summed E-state index contributed by atoms with van der Waals surface area (Å²) in [6, 6.07) is 38.7. The molecule has 1 aliphatic heterocycles. The summed E-state index contributed by atoms with van der Waals surface area (Å²) in [5, 5.41) is 13.6. The predicted octanol–water partition coefficient (Wildman–Crippen LogP) is 7.68. The molecule has 1 saturated heterocycles. The molecule has 58 heavy (non-hydrogen) atoms. The van der Waals surface area contributed by atoms with E-state index in [1.165, 1.54) is 0 Å². The van der Waals surface area contributed by atoms with Crippen molar-refractivity contribution in [1.82, 2.24) is 19.6 Å². The lowest BCUT2D eigenvalue weighted by Crippen LogP contribution is -2.47. The third kappa shape index (κ3) is 9.95. The highest BCUT2D eigenvalue weighted by Crippen LogP contribution is 2.43. The van der Waals surface area contributed by atoms with Gasteiger partial charge in [0.05, 0.1) is 23.7 Å². The van der Waals surface area contributed by atoms with Gasteiger partial charge < -0.3 is 24.5 Å². The molecular weight excluding hydrogens is 769 g/mol. The minimum atomic E-state index is -3.98. The molecule has 1 fully saturated rings. The minimum Gasteiger partial charge on any atom is -0.392 e. The Balaban J connectivity index is 1.08. The Morgan fingerprint density at radius 2 is 1.55 bits per heavy atom. The van der Waals surface area contributed by atoms with Crippen molar-refractivity contribution < 1.29 is 27.8 Å². The molecule has 2 heterocycles. The second kappa shape index (κ2) is 18.7. The molecule has 0 radical (unpaired) electrons. The second-order valence-corrected chi connectivity index (χ2v) is 17.3. The zero-order valence-corrected chi connectivity index (χ0v) is 34.3. The Kier molecular flexibility index (Phi) is 13.2. The standard InChI is InChI=1S/C46H48N4O6S2/c1-31-13-23-39(24-14-31)58(53,54)49-41(27-33-9-5-4-6-10-33)44(52)48-28-38-11-7-8-12-40(38)35-19-21-37(22-20-35)45-55-42(30-57-46-47-25-26-50(46)3)32(2)43(56-45)36-17-15-34(29-51)16-18-36/h4-26,32,41-43,45,49,51H,27-30H2,1-3H3,(H,48,52)/t32-,41+,42+,43+,45+/m0/s1. The topological polar surface area (TPSA) is 132 Å². The molecule has 0 unspecified atom stereocenters. The highest BCUT2D eigenvalue weighted by molar-refractivity contribution is 7.99. The molecule has 0 aliphatic carbocycles. The molecular formula is C46H48N4O6S2. The van der Waals surface area contributed by atoms with Crippen molar-refractivity contribution in [3.8, 4) is 11.1 Å². The van der Waals surface area contributed by atoms with Crippen molar-refractivity contribution >= 4 is 27.7 Å². The summed E-state index contributed by atoms with van der Waals surface area (Å²) < 4.78 is 44.9. The third-order valence-electron chi connectivity index (χ3n) is 10.5. The number of carbonyl (C=O) groups excluding carboxylic acids is 1. The Morgan fingerprint density at radius 3 is 2.24 bits per heavy atom. The van der Waals surface area contributed by atoms with E-state index < -0.39 is 28.3 Å². The maximum Gasteiger partial charge on any atom is 0.241 e. The second-order valence-electron chi connectivity index (χ2n) is 14.6. The van der Waals surface area contributed by atoms with Gasteiger partial charge in [0.2, 0.25) is 15.9 Å². The Morgan fingerprint density at radius 1 is 0.862 bits per heavy atom. The van der Waals surface area contributed by atoms with Crippen LogP contribution in [0.15, 0.2) is 150 Å². The Labute approximate surface area is 344 Å². The van der Waals surface area contributed by atoms with Crippen LogP contribution in [0.3, 0.4) is 0 Å². The number of ether oxygens (including phenoxy) is 2. The highest BCUT2D eigenvalue weighted by atomic mass is 32.2. The Bertz CT molecular complexity index is 2390. The van der Waals surface area contributed by atoms with Gasteiger partial charge in [-0.1, -0.05) is 140 Å². The molecule has 7 rings (SSSR count). The number of sulfonamides is 1. The maximum atomic E-state index is 13.8. The molecule has 5 aromatic carbocycles. The van der Waals surface area contributed by atoms with Crippen molar-refractivity contribution in [1.29, 1.82) is 0 Å². The molecule has 1 aliphatic rings. The number of thioether (sulfide) groups is 1. The zero-order chi connectivity index (χ0) is 40.6. The van der Waals surface area contributed by atoms with Crippen LogP contribution in [0.4, 0.5) is 0 Å². The number of nitrogens with zero attached hydrogens (tertiary/aromatic N) is 2. The fourth-order valence-corrected chi connectivity index (χ4v) is 9.34. The number of hydrogen-bond donors (Lipinski definition) is 3. The average molecular weight is 817 g/mol. The van der Waals surface area contributed by atoms with Gasteiger partial charge in [0.1, 0.15) is 6.04 Å². The SMILES string of the molecule is Cc1ccc(S(=O)(=O)N[C@H](Cc2ccccc2)C(=O)NCc2ccccc2-c2ccc([C@@H]3O[C@H](CSc4nccn4C)[C@H](C)[C@H](c4ccc(CO)cc4)O3)cc2)cc1. The van der Waals surface area contributed by atoms with E-state index in [0.29, 0.717) is 5.75 Å². The van der Waals surface area contributed by atoms with Gasteiger partial charge in [-0.15, -0.1) is 0 Å². The number of amides is 1. The third-order valence-corrected chi connectivity index (χ3v) is 13.1. The van der Waals surface area contributed by atoms with Crippen LogP contribution in [-0.4, -0.2) is 46.9 Å². The first kappa shape index (κ1) is 41.1. The molecule has 10 nitrogen and oxygen atoms in total. The van der Waals surface area contributed by atoms with E-state index in [-0.39, 0.29) is 42.6 Å². The number of aryl methyl sites for hydroxylation is 2. The van der Waals surface area contributed by atoms with Gasteiger partial charge >= 0.3 is 0 Å². The van der Waals surface area contributed by atoms with Crippen molar-refractivity contribution in [3.05, 3.63) is 173 Å². The lowest BCUT2D eigenvalue weighted by atomic mass is 9.91. The quantitative estimate of drug-likeness (QED) is 0.0901. The van der Waals surface area contributed by atoms with Gasteiger partial charge in [-0.3, -0.25) is 4.79 Å². The highest BCUT2D eigenvalue weighted by Gasteiger charge is 2.38. The number of aromatic nitrogens is 2. The van der Waals surface area contributed by atoms with Crippen LogP contribution in [0.1, 0.15) is 52.7 Å². The molecule has 5 atom stereocenters. The van der Waals surface area contributed by atoms with Gasteiger partial charge in [0.25, 0.3) is 0 Å². The van der Waals surface area contributed by atoms with Crippen molar-refractivity contribution in [3.63, 3.8) is 0 Å². The van der Waals surface area contributed by atoms with Crippen LogP contribution < -0.4 is 10.0 Å². The van der Waals surface area contributed by atoms with Crippen LogP contribution in [-0.2, 0) is 50.9 Å². The van der Waals surface area contributed by atoms with E-state index in [9.17, 15) is 18.3 Å². The normalized spacial score (nSPS) is 18.8. The van der Waals surface area contributed by atoms with Crippen LogP contribution in [0.25, 0.3) is 11.1 Å². The molecule has 0 saturated carbocycles. The van der Waals surface area contributed by atoms with Gasteiger partial charge in [-0.2, -0.15) is 4.72 Å². The maximum absolute atomic E-state index is 13.8. The molecule has 1 amide bonds. The molecule has 0 bridgehead atoms. The van der Waals surface area contributed by atoms with Gasteiger partial charge in [0.15, 0.2) is 11.4 Å². The lowest BCUT2D eigenvalue weighted by Gasteiger charge is -2.41. The largest absolute Gasteiger partial charge is 0.392 e. The van der Waals surface area contributed by atoms with Gasteiger partial charge in [-0.05, 0) is 58.9 Å². The number of hydrogen-bond acceptors (Lipinski definition) is 8. The zero-order valence-electron chi connectivity index (χ0n) is 32.7. The summed E-state index contributed by atoms with van der Waals surface area (Å²) in [7, 11) is -2.00. The molecule has 3 N–H and O–H groups in total. The van der Waals surface area contributed by atoms with Crippen LogP contribution >= 0.6 is 11.8 Å². The van der Waals surface area contributed by atoms with E-state index in [0.717, 1.165) is 49.7 Å². The van der Waals surface area contributed by atoms with Crippen molar-refractivity contribution in [2.75, 3.05) is 5.75 Å². The van der Waals surface area contributed by atoms with E-state index in [2.05, 4.69) is 21.9 Å². The fraction of sp³-hybridized carbons (Fsp3) is 0.261. The van der Waals surface area contributed by atoms with Gasteiger partial charge in [-0.25, -0.2) is 13.4 Å². The number of aliphatic hydroxyl groups excluding tert-OH is 1. The number of imidazole rings is 1. The van der Waals surface area contributed by atoms with Crippen molar-refractivity contribution in [2.24, 2.45) is 13.0 Å². The van der Waals surface area contributed by atoms with Crippen LogP contribution in [0.2, 0.25) is 0 Å². The average Bonchev–Trinajstić information content (AvgIpc) is 3.67. The molecule has 0 spiro atoms. The summed E-state index contributed by atoms with van der Waals surface area (Å²) in [5.74, 6) is 0.297. The van der Waals surface area contributed by atoms with E-state index in [4.69, 9.17) is 9.47 Å². The smallest absolute Gasteiger partial charge is 0.241 e. The predicted molar refractivity (Wildman–Crippen MR) is 226 cm³/mol. The first-order valence-corrected chi connectivity index (χ1v) is 21.7. The van der Waals surface area contributed by atoms with Crippen molar-refractivity contribution in [2.45, 2.75) is 68.0 Å². The monoisotopic (exact) mass is 816 g/mol. The molecule has 12 heteroatoms. The summed E-state index contributed by atoms with van der Waals surface area (Å²) in [4.78, 5) is 18.4. The summed E-state index contributed by atoms with van der Waals surface area (Å²) in [6.07, 6.45) is 2.90. The first-order chi connectivity index (χ1) is 28.1. The lowest BCUT2D eigenvalue weighted by molar-refractivity contribution is -0.268. The minimum absolute atomic E-state index is 0.0251. The molecule has 1 aromatic heterocycles. The number of carbonyl (C=O) groups is 1. The number of nitrogens with one attached hydrogen (secondary N) is 2. The number of aliphatic hydroxyl groups is 1.